The monoisotopic (exact) mass is 372 g/mol. The maximum atomic E-state index is 2.76. The first kappa shape index (κ1) is 20.3. The van der Waals surface area contributed by atoms with Crippen LogP contribution in [0, 0.1) is 52.3 Å². The van der Waals surface area contributed by atoms with Crippen LogP contribution < -0.4 is 0 Å². The van der Waals surface area contributed by atoms with Crippen LogP contribution in [0.25, 0.3) is 0 Å². The van der Waals surface area contributed by atoms with Gasteiger partial charge in [0.1, 0.15) is 0 Å². The van der Waals surface area contributed by atoms with Crippen molar-refractivity contribution in [3.63, 3.8) is 0 Å². The molecule has 156 valence electrons. The second kappa shape index (κ2) is 7.68. The minimum absolute atomic E-state index is 0.673. The summed E-state index contributed by atoms with van der Waals surface area (Å²) < 4.78 is 0. The Hall–Kier alpha value is 0. The molecular formula is C27H48. The smallest absolute Gasteiger partial charge is 0.0264 e. The highest BCUT2D eigenvalue weighted by Crippen LogP contribution is 2.67. The van der Waals surface area contributed by atoms with E-state index in [1.807, 2.05) is 0 Å². The Morgan fingerprint density at radius 2 is 1.63 bits per heavy atom. The molecule has 0 heteroatoms. The van der Waals surface area contributed by atoms with Gasteiger partial charge in [0, 0.05) is 0 Å². The van der Waals surface area contributed by atoms with Crippen molar-refractivity contribution in [1.29, 1.82) is 0 Å². The molecule has 9 atom stereocenters. The number of hydrogen-bond acceptors (Lipinski definition) is 0. The average molecular weight is 373 g/mol. The van der Waals surface area contributed by atoms with Crippen LogP contribution in [-0.2, 0) is 0 Å². The van der Waals surface area contributed by atoms with Crippen molar-refractivity contribution in [2.24, 2.45) is 52.3 Å². The first-order valence-corrected chi connectivity index (χ1v) is 12.9. The van der Waals surface area contributed by atoms with Gasteiger partial charge in [0.05, 0.1) is 0 Å². The predicted molar refractivity (Wildman–Crippen MR) is 118 cm³/mol. The second-order valence-corrected chi connectivity index (χ2v) is 12.2. The number of rotatable bonds is 4. The largest absolute Gasteiger partial charge is 0.0654 e. The third-order valence-corrected chi connectivity index (χ3v) is 10.9. The lowest BCUT2D eigenvalue weighted by Crippen LogP contribution is -2.49. The number of hydrogen-bond donors (Lipinski definition) is 0. The molecule has 0 radical (unpaired) electrons. The quantitative estimate of drug-likeness (QED) is 0.464. The molecule has 0 saturated heterocycles. The summed E-state index contributed by atoms with van der Waals surface area (Å²) in [7, 11) is 0. The summed E-state index contributed by atoms with van der Waals surface area (Å²) >= 11 is 0. The fourth-order valence-electron chi connectivity index (χ4n) is 9.38. The molecule has 0 heterocycles. The van der Waals surface area contributed by atoms with Gasteiger partial charge in [-0.2, -0.15) is 0 Å². The Morgan fingerprint density at radius 1 is 0.889 bits per heavy atom. The fraction of sp³-hybridized carbons (Fsp3) is 1.00. The zero-order valence-corrected chi connectivity index (χ0v) is 19.2. The maximum Gasteiger partial charge on any atom is -0.0264 e. The van der Waals surface area contributed by atoms with Gasteiger partial charge in [-0.1, -0.05) is 66.7 Å². The van der Waals surface area contributed by atoms with E-state index in [-0.39, 0.29) is 0 Å². The zero-order chi connectivity index (χ0) is 19.2. The van der Waals surface area contributed by atoms with Gasteiger partial charge in [0.15, 0.2) is 0 Å². The molecule has 0 aromatic rings. The van der Waals surface area contributed by atoms with Crippen molar-refractivity contribution >= 4 is 0 Å². The third kappa shape index (κ3) is 3.34. The zero-order valence-electron chi connectivity index (χ0n) is 19.2. The predicted octanol–water partition coefficient (Wildman–Crippen LogP) is 8.50. The molecule has 4 aliphatic rings. The topological polar surface area (TPSA) is 0 Å². The summed E-state index contributed by atoms with van der Waals surface area (Å²) in [6.07, 6.45) is 19.8. The lowest BCUT2D eigenvalue weighted by molar-refractivity contribution is -0.0774. The molecule has 0 aromatic heterocycles. The summed E-state index contributed by atoms with van der Waals surface area (Å²) in [5.74, 6) is 7.19. The van der Waals surface area contributed by atoms with Crippen molar-refractivity contribution in [3.05, 3.63) is 0 Å². The molecule has 0 nitrogen and oxygen atoms in total. The minimum atomic E-state index is 0.673. The summed E-state index contributed by atoms with van der Waals surface area (Å²) in [6, 6.07) is 0. The first-order valence-electron chi connectivity index (χ1n) is 12.9. The molecule has 27 heavy (non-hydrogen) atoms. The van der Waals surface area contributed by atoms with E-state index in [9.17, 15) is 0 Å². The van der Waals surface area contributed by atoms with E-state index in [4.69, 9.17) is 0 Å². The van der Waals surface area contributed by atoms with E-state index in [2.05, 4.69) is 34.6 Å². The molecule has 0 aliphatic heterocycles. The van der Waals surface area contributed by atoms with Crippen LogP contribution in [0.15, 0.2) is 0 Å². The highest BCUT2D eigenvalue weighted by atomic mass is 14.6. The molecule has 0 spiro atoms. The Balaban J connectivity index is 1.56. The van der Waals surface area contributed by atoms with Gasteiger partial charge in [0.25, 0.3) is 0 Å². The number of fused-ring (bicyclic) bond motifs is 5. The van der Waals surface area contributed by atoms with Gasteiger partial charge in [0.2, 0.25) is 0 Å². The van der Waals surface area contributed by atoms with E-state index in [0.717, 1.165) is 41.4 Å². The Morgan fingerprint density at radius 3 is 2.41 bits per heavy atom. The lowest BCUT2D eigenvalue weighted by Gasteiger charge is -2.57. The van der Waals surface area contributed by atoms with Gasteiger partial charge in [-0.3, -0.25) is 0 Å². The molecule has 4 saturated carbocycles. The van der Waals surface area contributed by atoms with E-state index in [0.29, 0.717) is 10.8 Å². The van der Waals surface area contributed by atoms with E-state index >= 15 is 0 Å². The van der Waals surface area contributed by atoms with Crippen LogP contribution in [0.2, 0.25) is 0 Å². The van der Waals surface area contributed by atoms with Crippen molar-refractivity contribution in [2.75, 3.05) is 0 Å². The van der Waals surface area contributed by atoms with Crippen LogP contribution in [0.4, 0.5) is 0 Å². The third-order valence-electron chi connectivity index (χ3n) is 10.9. The SMILES string of the molecule is CCCCC(C)C1CCC2C3CCC[C@H]4CC(C)CC[C@]4(C)C3CC[C@]12C. The van der Waals surface area contributed by atoms with Crippen molar-refractivity contribution in [2.45, 2.75) is 118 Å². The number of unbranched alkanes of at least 4 members (excludes halogenated alkanes) is 1. The highest BCUT2D eigenvalue weighted by molar-refractivity contribution is 5.08. The molecule has 0 bridgehead atoms. The normalized spacial score (nSPS) is 51.0. The van der Waals surface area contributed by atoms with E-state index < -0.39 is 0 Å². The van der Waals surface area contributed by atoms with Crippen molar-refractivity contribution in [3.8, 4) is 0 Å². The van der Waals surface area contributed by atoms with Crippen LogP contribution in [0.1, 0.15) is 118 Å². The van der Waals surface area contributed by atoms with Crippen LogP contribution >= 0.6 is 0 Å². The molecule has 0 amide bonds. The summed E-state index contributed by atoms with van der Waals surface area (Å²) in [4.78, 5) is 0. The summed E-state index contributed by atoms with van der Waals surface area (Å²) in [6.45, 7) is 13.0. The molecular weight excluding hydrogens is 324 g/mol. The fourth-order valence-corrected chi connectivity index (χ4v) is 9.38. The Bertz CT molecular complexity index is 508. The Labute approximate surface area is 170 Å². The molecule has 4 fully saturated rings. The standard InChI is InChI=1S/C27H48/c1-6-7-9-20(3)23-12-13-24-22-11-8-10-21-18-19(2)14-16-26(21,4)25(22)15-17-27(23,24)5/h19-25H,6-18H2,1-5H3/t19?,20?,21-,22?,23?,24?,25?,26-,27+/m0/s1. The second-order valence-electron chi connectivity index (χ2n) is 12.2. The molecule has 4 rings (SSSR count). The molecule has 0 N–H and O–H groups in total. The highest BCUT2D eigenvalue weighted by Gasteiger charge is 2.59. The molecule has 0 aromatic carbocycles. The minimum Gasteiger partial charge on any atom is -0.0654 e. The van der Waals surface area contributed by atoms with Gasteiger partial charge >= 0.3 is 0 Å². The van der Waals surface area contributed by atoms with Gasteiger partial charge in [-0.05, 0) is 104 Å². The van der Waals surface area contributed by atoms with Crippen LogP contribution in [0.3, 0.4) is 0 Å². The first-order chi connectivity index (χ1) is 12.9. The molecule has 4 aliphatic carbocycles. The lowest BCUT2D eigenvalue weighted by atomic mass is 9.48. The van der Waals surface area contributed by atoms with Crippen molar-refractivity contribution in [1.82, 2.24) is 0 Å². The van der Waals surface area contributed by atoms with Gasteiger partial charge in [-0.25, -0.2) is 0 Å². The average Bonchev–Trinajstić information content (AvgIpc) is 2.92. The van der Waals surface area contributed by atoms with Crippen LogP contribution in [0.5, 0.6) is 0 Å². The summed E-state index contributed by atoms with van der Waals surface area (Å²) in [5.41, 5.74) is 1.35. The van der Waals surface area contributed by atoms with Gasteiger partial charge < -0.3 is 0 Å². The van der Waals surface area contributed by atoms with E-state index in [1.54, 1.807) is 51.4 Å². The van der Waals surface area contributed by atoms with Crippen LogP contribution in [-0.4, -0.2) is 0 Å². The van der Waals surface area contributed by atoms with Gasteiger partial charge in [-0.15, -0.1) is 0 Å². The Kier molecular flexibility index (Phi) is 5.77. The summed E-state index contributed by atoms with van der Waals surface area (Å²) in [5, 5.41) is 0. The van der Waals surface area contributed by atoms with Crippen molar-refractivity contribution < 1.29 is 0 Å². The maximum absolute atomic E-state index is 2.76. The molecule has 6 unspecified atom stereocenters. The van der Waals surface area contributed by atoms with E-state index in [1.165, 1.54) is 32.1 Å².